The van der Waals surface area contributed by atoms with E-state index in [0.29, 0.717) is 16.9 Å². The van der Waals surface area contributed by atoms with E-state index in [2.05, 4.69) is 5.32 Å². The fourth-order valence-corrected chi connectivity index (χ4v) is 1.98. The maximum absolute atomic E-state index is 12.3. The van der Waals surface area contributed by atoms with Crippen LogP contribution in [0.25, 0.3) is 0 Å². The molecule has 0 aromatic heterocycles. The van der Waals surface area contributed by atoms with Gasteiger partial charge in [0.1, 0.15) is 0 Å². The van der Waals surface area contributed by atoms with Gasteiger partial charge in [-0.05, 0) is 55.7 Å². The fraction of sp³-hybridized carbons (Fsp3) is 0.188. The molecule has 0 heterocycles. The Kier molecular flexibility index (Phi) is 3.56. The highest BCUT2D eigenvalue weighted by atomic mass is 16.1. The highest BCUT2D eigenvalue weighted by Crippen LogP contribution is 2.21. The van der Waals surface area contributed by atoms with E-state index in [1.165, 1.54) is 0 Å². The van der Waals surface area contributed by atoms with E-state index in [1.807, 2.05) is 57.2 Å². The first-order valence-electron chi connectivity index (χ1n) is 6.22. The maximum atomic E-state index is 12.3. The van der Waals surface area contributed by atoms with Crippen molar-refractivity contribution in [2.24, 2.45) is 0 Å². The number of hydrogen-bond donors (Lipinski definition) is 2. The standard InChI is InChI=1S/C16H18N2O/c1-10-7-8-15(14(17)9-10)18-16(19)13-6-4-5-11(2)12(13)3/h4-9H,17H2,1-3H3,(H,18,19). The fourth-order valence-electron chi connectivity index (χ4n) is 1.98. The molecule has 0 unspecified atom stereocenters. The highest BCUT2D eigenvalue weighted by molar-refractivity contribution is 6.06. The van der Waals surface area contributed by atoms with Crippen molar-refractivity contribution >= 4 is 17.3 Å². The normalized spacial score (nSPS) is 10.3. The number of nitrogens with two attached hydrogens (primary N) is 1. The van der Waals surface area contributed by atoms with Gasteiger partial charge in [-0.2, -0.15) is 0 Å². The third-order valence-electron chi connectivity index (χ3n) is 3.30. The van der Waals surface area contributed by atoms with Gasteiger partial charge in [0.15, 0.2) is 0 Å². The minimum absolute atomic E-state index is 0.128. The molecule has 0 aliphatic carbocycles. The van der Waals surface area contributed by atoms with Crippen molar-refractivity contribution < 1.29 is 4.79 Å². The molecule has 0 aliphatic rings. The molecule has 3 heteroatoms. The molecular weight excluding hydrogens is 236 g/mol. The van der Waals surface area contributed by atoms with Crippen molar-refractivity contribution in [2.75, 3.05) is 11.1 Å². The van der Waals surface area contributed by atoms with Gasteiger partial charge in [0.05, 0.1) is 11.4 Å². The van der Waals surface area contributed by atoms with Crippen molar-refractivity contribution in [1.82, 2.24) is 0 Å². The second kappa shape index (κ2) is 5.14. The van der Waals surface area contributed by atoms with Crippen LogP contribution < -0.4 is 11.1 Å². The first kappa shape index (κ1) is 13.1. The Morgan fingerprint density at radius 2 is 1.84 bits per heavy atom. The summed E-state index contributed by atoms with van der Waals surface area (Å²) in [6, 6.07) is 11.3. The number of amides is 1. The number of nitrogens with one attached hydrogen (secondary N) is 1. The van der Waals surface area contributed by atoms with E-state index >= 15 is 0 Å². The largest absolute Gasteiger partial charge is 0.397 e. The Hall–Kier alpha value is -2.29. The zero-order valence-corrected chi connectivity index (χ0v) is 11.4. The molecular formula is C16H18N2O. The second-order valence-electron chi connectivity index (χ2n) is 4.79. The molecule has 2 aromatic rings. The summed E-state index contributed by atoms with van der Waals surface area (Å²) in [5, 5.41) is 2.86. The topological polar surface area (TPSA) is 55.1 Å². The molecule has 2 rings (SSSR count). The molecule has 0 spiro atoms. The zero-order valence-electron chi connectivity index (χ0n) is 11.4. The van der Waals surface area contributed by atoms with Crippen LogP contribution in [0.5, 0.6) is 0 Å². The molecule has 0 saturated carbocycles. The third kappa shape index (κ3) is 2.76. The lowest BCUT2D eigenvalue weighted by molar-refractivity contribution is 0.102. The van der Waals surface area contributed by atoms with E-state index in [1.54, 1.807) is 0 Å². The summed E-state index contributed by atoms with van der Waals surface area (Å²) in [6.45, 7) is 5.90. The Morgan fingerprint density at radius 1 is 1.11 bits per heavy atom. The summed E-state index contributed by atoms with van der Waals surface area (Å²) in [7, 11) is 0. The Balaban J connectivity index is 2.28. The molecule has 0 radical (unpaired) electrons. The number of aryl methyl sites for hydroxylation is 2. The first-order chi connectivity index (χ1) is 8.99. The molecule has 0 saturated heterocycles. The van der Waals surface area contributed by atoms with Crippen molar-refractivity contribution in [3.63, 3.8) is 0 Å². The van der Waals surface area contributed by atoms with E-state index in [-0.39, 0.29) is 5.91 Å². The number of nitrogen functional groups attached to an aromatic ring is 1. The van der Waals surface area contributed by atoms with Gasteiger partial charge in [-0.25, -0.2) is 0 Å². The van der Waals surface area contributed by atoms with Gasteiger partial charge in [0, 0.05) is 5.56 Å². The van der Waals surface area contributed by atoms with Crippen LogP contribution in [0.15, 0.2) is 36.4 Å². The maximum Gasteiger partial charge on any atom is 0.255 e. The van der Waals surface area contributed by atoms with Crippen LogP contribution in [-0.2, 0) is 0 Å². The molecule has 98 valence electrons. The lowest BCUT2D eigenvalue weighted by Gasteiger charge is -2.11. The Morgan fingerprint density at radius 3 is 2.53 bits per heavy atom. The molecule has 0 aliphatic heterocycles. The van der Waals surface area contributed by atoms with Crippen LogP contribution >= 0.6 is 0 Å². The molecule has 19 heavy (non-hydrogen) atoms. The number of carbonyl (C=O) groups is 1. The van der Waals surface area contributed by atoms with Gasteiger partial charge in [-0.15, -0.1) is 0 Å². The van der Waals surface area contributed by atoms with Crippen LogP contribution in [0.3, 0.4) is 0 Å². The minimum atomic E-state index is -0.128. The monoisotopic (exact) mass is 254 g/mol. The number of rotatable bonds is 2. The van der Waals surface area contributed by atoms with Gasteiger partial charge in [0.25, 0.3) is 5.91 Å². The predicted octanol–water partition coefficient (Wildman–Crippen LogP) is 3.45. The Bertz CT molecular complexity index is 633. The van der Waals surface area contributed by atoms with Crippen molar-refractivity contribution in [3.8, 4) is 0 Å². The summed E-state index contributed by atoms with van der Waals surface area (Å²) < 4.78 is 0. The van der Waals surface area contributed by atoms with E-state index in [4.69, 9.17) is 5.73 Å². The van der Waals surface area contributed by atoms with Gasteiger partial charge in [-0.1, -0.05) is 18.2 Å². The molecule has 3 N–H and O–H groups in total. The van der Waals surface area contributed by atoms with Crippen molar-refractivity contribution in [3.05, 3.63) is 58.7 Å². The number of anilines is 2. The van der Waals surface area contributed by atoms with Crippen LogP contribution in [-0.4, -0.2) is 5.91 Å². The molecule has 2 aromatic carbocycles. The van der Waals surface area contributed by atoms with Gasteiger partial charge in [-0.3, -0.25) is 4.79 Å². The first-order valence-corrected chi connectivity index (χ1v) is 6.22. The number of hydrogen-bond acceptors (Lipinski definition) is 2. The average Bonchev–Trinajstić information content (AvgIpc) is 2.36. The summed E-state index contributed by atoms with van der Waals surface area (Å²) >= 11 is 0. The highest BCUT2D eigenvalue weighted by Gasteiger charge is 2.11. The second-order valence-corrected chi connectivity index (χ2v) is 4.79. The minimum Gasteiger partial charge on any atom is -0.397 e. The van der Waals surface area contributed by atoms with Gasteiger partial charge in [0.2, 0.25) is 0 Å². The summed E-state index contributed by atoms with van der Waals surface area (Å²) in [5.74, 6) is -0.128. The van der Waals surface area contributed by atoms with Gasteiger partial charge >= 0.3 is 0 Å². The molecule has 0 fully saturated rings. The summed E-state index contributed by atoms with van der Waals surface area (Å²) in [6.07, 6.45) is 0. The zero-order chi connectivity index (χ0) is 14.0. The van der Waals surface area contributed by atoms with Crippen LogP contribution in [0, 0.1) is 20.8 Å². The molecule has 0 atom stereocenters. The van der Waals surface area contributed by atoms with E-state index in [9.17, 15) is 4.79 Å². The van der Waals surface area contributed by atoms with Crippen LogP contribution in [0.1, 0.15) is 27.0 Å². The quantitative estimate of drug-likeness (QED) is 0.806. The molecule has 1 amide bonds. The number of carbonyl (C=O) groups excluding carboxylic acids is 1. The van der Waals surface area contributed by atoms with Crippen molar-refractivity contribution in [2.45, 2.75) is 20.8 Å². The lowest BCUT2D eigenvalue weighted by atomic mass is 10.0. The van der Waals surface area contributed by atoms with Crippen LogP contribution in [0.2, 0.25) is 0 Å². The molecule has 3 nitrogen and oxygen atoms in total. The lowest BCUT2D eigenvalue weighted by Crippen LogP contribution is -2.15. The predicted molar refractivity (Wildman–Crippen MR) is 79.5 cm³/mol. The van der Waals surface area contributed by atoms with E-state index < -0.39 is 0 Å². The summed E-state index contributed by atoms with van der Waals surface area (Å²) in [4.78, 5) is 12.3. The van der Waals surface area contributed by atoms with Gasteiger partial charge < -0.3 is 11.1 Å². The van der Waals surface area contributed by atoms with Crippen molar-refractivity contribution in [1.29, 1.82) is 0 Å². The smallest absolute Gasteiger partial charge is 0.255 e. The number of benzene rings is 2. The average molecular weight is 254 g/mol. The summed E-state index contributed by atoms with van der Waals surface area (Å²) in [5.41, 5.74) is 11.0. The van der Waals surface area contributed by atoms with E-state index in [0.717, 1.165) is 16.7 Å². The van der Waals surface area contributed by atoms with Crippen LogP contribution in [0.4, 0.5) is 11.4 Å². The third-order valence-corrected chi connectivity index (χ3v) is 3.30. The SMILES string of the molecule is Cc1ccc(NC(=O)c2cccc(C)c2C)c(N)c1. The molecule has 0 bridgehead atoms. The Labute approximate surface area is 113 Å².